The molecule has 0 aliphatic heterocycles. The summed E-state index contributed by atoms with van der Waals surface area (Å²) >= 11 is 0. The Morgan fingerprint density at radius 2 is 1.45 bits per heavy atom. The minimum Gasteiger partial charge on any atom is -0.494 e. The van der Waals surface area contributed by atoms with Gasteiger partial charge in [-0.1, -0.05) is 102 Å². The number of carbonyl (C=O) groups is 1. The third-order valence-corrected chi connectivity index (χ3v) is 5.99. The average Bonchev–Trinajstić information content (AvgIpc) is 2.83. The van der Waals surface area contributed by atoms with Gasteiger partial charge in [0.05, 0.1) is 12.2 Å². The second-order valence-corrected chi connectivity index (χ2v) is 8.86. The van der Waals surface area contributed by atoms with Gasteiger partial charge in [0, 0.05) is 0 Å². The molecule has 0 spiro atoms. The number of rotatable bonds is 17. The van der Waals surface area contributed by atoms with Crippen LogP contribution in [0.3, 0.4) is 0 Å². The molecule has 3 heteroatoms. The zero-order valence-electron chi connectivity index (χ0n) is 20.7. The summed E-state index contributed by atoms with van der Waals surface area (Å²) in [6.45, 7) is 5.19. The first kappa shape index (κ1) is 26.7. The van der Waals surface area contributed by atoms with Gasteiger partial charge in [0.25, 0.3) is 0 Å². The molecule has 2 aromatic rings. The highest BCUT2D eigenvalue weighted by atomic mass is 16.5. The number of hydrogen-bond acceptors (Lipinski definition) is 2. The highest BCUT2D eigenvalue weighted by Gasteiger charge is 2.12. The van der Waals surface area contributed by atoms with Crippen LogP contribution < -0.4 is 4.74 Å². The maximum atomic E-state index is 11.8. The zero-order valence-corrected chi connectivity index (χ0v) is 20.7. The van der Waals surface area contributed by atoms with Crippen LogP contribution in [0.15, 0.2) is 48.5 Å². The molecule has 0 aromatic heterocycles. The fourth-order valence-electron chi connectivity index (χ4n) is 3.98. The van der Waals surface area contributed by atoms with Crippen molar-refractivity contribution >= 4 is 12.0 Å². The van der Waals surface area contributed by atoms with E-state index in [4.69, 9.17) is 4.74 Å². The van der Waals surface area contributed by atoms with Crippen LogP contribution >= 0.6 is 0 Å². The molecule has 0 unspecified atom stereocenters. The number of aromatic carboxylic acids is 1. The monoisotopic (exact) mass is 450 g/mol. The van der Waals surface area contributed by atoms with Gasteiger partial charge in [0.2, 0.25) is 0 Å². The standard InChI is InChI=1S/C30H42O3/c1-3-5-7-9-11-12-14-16-25-17-22-28(30(31)32)29(24-25)26-18-20-27(21-19-26)33-23-15-13-10-8-6-4-2/h14,16-22,24H,3-13,15,23H2,1-2H3,(H,31,32)/b16-14+. The molecule has 0 amide bonds. The van der Waals surface area contributed by atoms with Crippen molar-refractivity contribution in [2.24, 2.45) is 0 Å². The van der Waals surface area contributed by atoms with Crippen LogP contribution in [-0.4, -0.2) is 17.7 Å². The van der Waals surface area contributed by atoms with Gasteiger partial charge in [-0.15, -0.1) is 0 Å². The van der Waals surface area contributed by atoms with E-state index in [0.717, 1.165) is 41.9 Å². The number of benzene rings is 2. The molecule has 3 nitrogen and oxygen atoms in total. The molecule has 0 radical (unpaired) electrons. The maximum Gasteiger partial charge on any atom is 0.336 e. The van der Waals surface area contributed by atoms with Crippen molar-refractivity contribution in [2.75, 3.05) is 6.61 Å². The van der Waals surface area contributed by atoms with Crippen LogP contribution in [0, 0.1) is 0 Å². The number of carboxylic acids is 1. The molecular weight excluding hydrogens is 408 g/mol. The van der Waals surface area contributed by atoms with E-state index in [9.17, 15) is 9.90 Å². The Kier molecular flexibility index (Phi) is 13.0. The van der Waals surface area contributed by atoms with Gasteiger partial charge in [-0.3, -0.25) is 0 Å². The van der Waals surface area contributed by atoms with Gasteiger partial charge >= 0.3 is 5.97 Å². The molecule has 0 heterocycles. The molecule has 1 N–H and O–H groups in total. The van der Waals surface area contributed by atoms with Gasteiger partial charge in [-0.05, 0) is 60.2 Å². The molecule has 0 aliphatic carbocycles. The SMILES string of the molecule is CCCCCCC/C=C/c1ccc(C(=O)O)c(-c2ccc(OCCCCCCCC)cc2)c1. The molecule has 33 heavy (non-hydrogen) atoms. The zero-order chi connectivity index (χ0) is 23.7. The van der Waals surface area contributed by atoms with Crippen molar-refractivity contribution in [3.63, 3.8) is 0 Å². The number of carboxylic acid groups (broad SMARTS) is 1. The topological polar surface area (TPSA) is 46.5 Å². The predicted octanol–water partition coefficient (Wildman–Crippen LogP) is 9.16. The first-order chi connectivity index (χ1) is 16.2. The minimum atomic E-state index is -0.903. The van der Waals surface area contributed by atoms with Crippen LogP contribution in [-0.2, 0) is 0 Å². The van der Waals surface area contributed by atoms with E-state index in [1.807, 2.05) is 36.4 Å². The fourth-order valence-corrected chi connectivity index (χ4v) is 3.98. The largest absolute Gasteiger partial charge is 0.494 e. The van der Waals surface area contributed by atoms with Crippen LogP contribution in [0.5, 0.6) is 5.75 Å². The summed E-state index contributed by atoms with van der Waals surface area (Å²) in [7, 11) is 0. The summed E-state index contributed by atoms with van der Waals surface area (Å²) in [5, 5.41) is 9.67. The third-order valence-electron chi connectivity index (χ3n) is 5.99. The molecule has 0 saturated carbocycles. The summed E-state index contributed by atoms with van der Waals surface area (Å²) < 4.78 is 5.88. The molecular formula is C30H42O3. The lowest BCUT2D eigenvalue weighted by Gasteiger charge is -2.10. The summed E-state index contributed by atoms with van der Waals surface area (Å²) in [4.78, 5) is 11.8. The summed E-state index contributed by atoms with van der Waals surface area (Å²) in [6, 6.07) is 13.4. The Morgan fingerprint density at radius 3 is 2.12 bits per heavy atom. The third kappa shape index (κ3) is 10.3. The van der Waals surface area contributed by atoms with E-state index >= 15 is 0 Å². The Bertz CT molecular complexity index is 836. The lowest BCUT2D eigenvalue weighted by Crippen LogP contribution is -2.00. The highest BCUT2D eigenvalue weighted by Crippen LogP contribution is 2.28. The summed E-state index contributed by atoms with van der Waals surface area (Å²) in [5.74, 6) is -0.0665. The Morgan fingerprint density at radius 1 is 0.818 bits per heavy atom. The highest BCUT2D eigenvalue weighted by molar-refractivity contribution is 5.96. The second-order valence-electron chi connectivity index (χ2n) is 8.86. The van der Waals surface area contributed by atoms with Gasteiger partial charge in [0.1, 0.15) is 5.75 Å². The van der Waals surface area contributed by atoms with Crippen LogP contribution in [0.1, 0.15) is 107 Å². The van der Waals surface area contributed by atoms with Crippen LogP contribution in [0.25, 0.3) is 17.2 Å². The van der Waals surface area contributed by atoms with Crippen molar-refractivity contribution in [2.45, 2.75) is 90.9 Å². The molecule has 0 fully saturated rings. The van der Waals surface area contributed by atoms with E-state index < -0.39 is 5.97 Å². The van der Waals surface area contributed by atoms with E-state index in [1.165, 1.54) is 64.2 Å². The van der Waals surface area contributed by atoms with E-state index in [2.05, 4.69) is 26.0 Å². The van der Waals surface area contributed by atoms with Gasteiger partial charge < -0.3 is 9.84 Å². The van der Waals surface area contributed by atoms with Crippen LogP contribution in [0.4, 0.5) is 0 Å². The van der Waals surface area contributed by atoms with Crippen molar-refractivity contribution in [1.82, 2.24) is 0 Å². The van der Waals surface area contributed by atoms with Gasteiger partial charge in [-0.2, -0.15) is 0 Å². The predicted molar refractivity (Wildman–Crippen MR) is 140 cm³/mol. The number of hydrogen-bond donors (Lipinski definition) is 1. The van der Waals surface area contributed by atoms with Crippen molar-refractivity contribution in [3.8, 4) is 16.9 Å². The van der Waals surface area contributed by atoms with E-state index in [0.29, 0.717) is 5.56 Å². The fraction of sp³-hybridized carbons (Fsp3) is 0.500. The van der Waals surface area contributed by atoms with Crippen molar-refractivity contribution < 1.29 is 14.6 Å². The lowest BCUT2D eigenvalue weighted by molar-refractivity contribution is 0.0697. The Balaban J connectivity index is 1.95. The Labute approximate surface area is 200 Å². The molecule has 2 aromatic carbocycles. The molecule has 180 valence electrons. The lowest BCUT2D eigenvalue weighted by atomic mass is 9.97. The molecule has 2 rings (SSSR count). The van der Waals surface area contributed by atoms with Crippen molar-refractivity contribution in [1.29, 1.82) is 0 Å². The second kappa shape index (κ2) is 16.1. The molecule has 0 saturated heterocycles. The van der Waals surface area contributed by atoms with Crippen molar-refractivity contribution in [3.05, 3.63) is 59.7 Å². The number of unbranched alkanes of at least 4 members (excludes halogenated alkanes) is 10. The summed E-state index contributed by atoms with van der Waals surface area (Å²) in [6.07, 6.45) is 19.2. The van der Waals surface area contributed by atoms with E-state index in [1.54, 1.807) is 6.07 Å². The molecule has 0 bridgehead atoms. The normalized spacial score (nSPS) is 11.2. The molecule has 0 aliphatic rings. The average molecular weight is 451 g/mol. The Hall–Kier alpha value is -2.55. The van der Waals surface area contributed by atoms with E-state index in [-0.39, 0.29) is 0 Å². The smallest absolute Gasteiger partial charge is 0.336 e. The first-order valence-corrected chi connectivity index (χ1v) is 12.9. The van der Waals surface area contributed by atoms with Crippen LogP contribution in [0.2, 0.25) is 0 Å². The summed E-state index contributed by atoms with van der Waals surface area (Å²) in [5.41, 5.74) is 3.00. The maximum absolute atomic E-state index is 11.8. The quantitative estimate of drug-likeness (QED) is 0.244. The van der Waals surface area contributed by atoms with Gasteiger partial charge in [0.15, 0.2) is 0 Å². The van der Waals surface area contributed by atoms with Gasteiger partial charge in [-0.25, -0.2) is 4.79 Å². The minimum absolute atomic E-state index is 0.326. The number of allylic oxidation sites excluding steroid dienone is 1. The number of ether oxygens (including phenoxy) is 1. The first-order valence-electron chi connectivity index (χ1n) is 12.9. The molecule has 0 atom stereocenters.